The van der Waals surface area contributed by atoms with Crippen LogP contribution in [-0.4, -0.2) is 49.1 Å². The van der Waals surface area contributed by atoms with Gasteiger partial charge in [-0.3, -0.25) is 4.90 Å². The van der Waals surface area contributed by atoms with Crippen molar-refractivity contribution in [2.45, 2.75) is 32.2 Å². The highest BCUT2D eigenvalue weighted by Crippen LogP contribution is 2.51. The van der Waals surface area contributed by atoms with E-state index >= 15 is 0 Å². The van der Waals surface area contributed by atoms with Crippen LogP contribution in [0.2, 0.25) is 0 Å². The largest absolute Gasteiger partial charge is 0.306 e. The Morgan fingerprint density at radius 1 is 1.21 bits per heavy atom. The van der Waals surface area contributed by atoms with Crippen LogP contribution in [0.1, 0.15) is 26.2 Å². The summed E-state index contributed by atoms with van der Waals surface area (Å²) in [6, 6.07) is 0.948. The Balaban J connectivity index is 1.65. The lowest BCUT2D eigenvalue weighted by molar-refractivity contribution is -0.0695. The quantitative estimate of drug-likeness (QED) is 0.623. The molecule has 0 aromatic carbocycles. The van der Waals surface area contributed by atoms with Crippen LogP contribution in [0.3, 0.4) is 0 Å². The summed E-state index contributed by atoms with van der Waals surface area (Å²) < 4.78 is 0. The molecule has 80 valence electrons. The maximum absolute atomic E-state index is 2.74. The van der Waals surface area contributed by atoms with Gasteiger partial charge in [-0.2, -0.15) is 0 Å². The maximum atomic E-state index is 2.74. The van der Waals surface area contributed by atoms with Gasteiger partial charge in [0.05, 0.1) is 0 Å². The summed E-state index contributed by atoms with van der Waals surface area (Å²) in [6.07, 6.45) is 4.42. The average Bonchev–Trinajstić information content (AvgIpc) is 2.45. The van der Waals surface area contributed by atoms with Crippen molar-refractivity contribution in [3.05, 3.63) is 0 Å². The normalized spacial score (nSPS) is 45.4. The molecule has 2 atom stereocenters. The predicted octanol–water partition coefficient (Wildman–Crippen LogP) is 1.42. The molecule has 2 nitrogen and oxygen atoms in total. The van der Waals surface area contributed by atoms with Crippen molar-refractivity contribution in [2.75, 3.05) is 33.2 Å². The Labute approximate surface area is 87.3 Å². The highest BCUT2D eigenvalue weighted by Gasteiger charge is 2.53. The molecule has 3 rings (SSSR count). The number of hydrogen-bond acceptors (Lipinski definition) is 2. The lowest BCUT2D eigenvalue weighted by Gasteiger charge is -2.57. The number of rotatable bonds is 1. The first-order valence-corrected chi connectivity index (χ1v) is 6.12. The fourth-order valence-electron chi connectivity index (χ4n) is 3.84. The molecule has 2 heterocycles. The molecule has 1 spiro atoms. The molecule has 14 heavy (non-hydrogen) atoms. The molecular weight excluding hydrogens is 172 g/mol. The van der Waals surface area contributed by atoms with Gasteiger partial charge in [0.1, 0.15) is 0 Å². The summed E-state index contributed by atoms with van der Waals surface area (Å²) in [4.78, 5) is 5.27. The summed E-state index contributed by atoms with van der Waals surface area (Å²) in [7, 11) is 2.28. The molecule has 0 aromatic heterocycles. The van der Waals surface area contributed by atoms with Gasteiger partial charge in [0.15, 0.2) is 0 Å². The highest BCUT2D eigenvalue weighted by molar-refractivity contribution is 5.07. The van der Waals surface area contributed by atoms with Crippen LogP contribution in [0.25, 0.3) is 0 Å². The van der Waals surface area contributed by atoms with Gasteiger partial charge in [0.25, 0.3) is 0 Å². The topological polar surface area (TPSA) is 6.48 Å². The molecule has 2 heteroatoms. The van der Waals surface area contributed by atoms with Crippen molar-refractivity contribution >= 4 is 0 Å². The van der Waals surface area contributed by atoms with E-state index in [2.05, 4.69) is 23.8 Å². The monoisotopic (exact) mass is 194 g/mol. The second-order valence-corrected chi connectivity index (χ2v) is 5.96. The van der Waals surface area contributed by atoms with Crippen molar-refractivity contribution in [3.8, 4) is 0 Å². The Hall–Kier alpha value is -0.0800. The zero-order chi connectivity index (χ0) is 9.76. The second-order valence-electron chi connectivity index (χ2n) is 5.96. The maximum Gasteiger partial charge on any atom is 0.0165 e. The molecule has 1 aliphatic carbocycles. The van der Waals surface area contributed by atoms with Gasteiger partial charge in [0, 0.05) is 25.7 Å². The van der Waals surface area contributed by atoms with Gasteiger partial charge in [-0.1, -0.05) is 6.92 Å². The molecule has 0 aromatic rings. The van der Waals surface area contributed by atoms with Crippen LogP contribution in [0, 0.1) is 11.3 Å². The third-order valence-electron chi connectivity index (χ3n) is 4.73. The molecule has 2 aliphatic heterocycles. The summed E-state index contributed by atoms with van der Waals surface area (Å²) in [5.41, 5.74) is 0.717. The van der Waals surface area contributed by atoms with Crippen molar-refractivity contribution in [2.24, 2.45) is 11.3 Å². The van der Waals surface area contributed by atoms with Gasteiger partial charge in [0.2, 0.25) is 0 Å². The minimum absolute atomic E-state index is 0.717. The summed E-state index contributed by atoms with van der Waals surface area (Å²) in [6.45, 7) is 7.82. The van der Waals surface area contributed by atoms with E-state index in [9.17, 15) is 0 Å². The van der Waals surface area contributed by atoms with Crippen LogP contribution >= 0.6 is 0 Å². The molecule has 2 saturated heterocycles. The lowest BCUT2D eigenvalue weighted by Crippen LogP contribution is -2.62. The van der Waals surface area contributed by atoms with Gasteiger partial charge < -0.3 is 4.90 Å². The predicted molar refractivity (Wildman–Crippen MR) is 58.3 cm³/mol. The third-order valence-corrected chi connectivity index (χ3v) is 4.73. The molecule has 0 bridgehead atoms. The van der Waals surface area contributed by atoms with Gasteiger partial charge in [-0.15, -0.1) is 0 Å². The minimum Gasteiger partial charge on any atom is -0.306 e. The molecule has 3 fully saturated rings. The Morgan fingerprint density at radius 2 is 2.00 bits per heavy atom. The fraction of sp³-hybridized carbons (Fsp3) is 1.00. The number of likely N-dealkylation sites (tertiary alicyclic amines) is 2. The van der Waals surface area contributed by atoms with E-state index in [1.165, 1.54) is 45.4 Å². The SMILES string of the molecule is CC1CN(C2CCC23CCN(C)C3)C1. The van der Waals surface area contributed by atoms with Crippen LogP contribution in [-0.2, 0) is 0 Å². The summed E-state index contributed by atoms with van der Waals surface area (Å²) in [5.74, 6) is 0.965. The van der Waals surface area contributed by atoms with E-state index in [0.717, 1.165) is 17.4 Å². The molecule has 1 saturated carbocycles. The van der Waals surface area contributed by atoms with Crippen molar-refractivity contribution in [1.82, 2.24) is 9.80 Å². The smallest absolute Gasteiger partial charge is 0.0165 e. The van der Waals surface area contributed by atoms with Gasteiger partial charge in [-0.05, 0) is 44.2 Å². The van der Waals surface area contributed by atoms with Crippen molar-refractivity contribution in [3.63, 3.8) is 0 Å². The van der Waals surface area contributed by atoms with Crippen molar-refractivity contribution < 1.29 is 0 Å². The van der Waals surface area contributed by atoms with Crippen LogP contribution in [0.4, 0.5) is 0 Å². The summed E-state index contributed by atoms with van der Waals surface area (Å²) >= 11 is 0. The highest BCUT2D eigenvalue weighted by atomic mass is 15.3. The Bertz CT molecular complexity index is 234. The summed E-state index contributed by atoms with van der Waals surface area (Å²) in [5, 5.41) is 0. The Morgan fingerprint density at radius 3 is 2.43 bits per heavy atom. The zero-order valence-corrected chi connectivity index (χ0v) is 9.50. The standard InChI is InChI=1S/C12H22N2/c1-10-7-14(8-10)11-3-4-12(11)5-6-13(2)9-12/h10-11H,3-9H2,1-2H3. The first kappa shape index (κ1) is 9.17. The van der Waals surface area contributed by atoms with Crippen LogP contribution < -0.4 is 0 Å². The number of hydrogen-bond donors (Lipinski definition) is 0. The van der Waals surface area contributed by atoms with Gasteiger partial charge >= 0.3 is 0 Å². The average molecular weight is 194 g/mol. The number of nitrogens with zero attached hydrogens (tertiary/aromatic N) is 2. The molecular formula is C12H22N2. The van der Waals surface area contributed by atoms with E-state index in [1.54, 1.807) is 0 Å². The third kappa shape index (κ3) is 1.17. The first-order valence-electron chi connectivity index (χ1n) is 6.12. The van der Waals surface area contributed by atoms with Gasteiger partial charge in [-0.25, -0.2) is 0 Å². The van der Waals surface area contributed by atoms with E-state index in [4.69, 9.17) is 0 Å². The first-order chi connectivity index (χ1) is 6.70. The van der Waals surface area contributed by atoms with E-state index < -0.39 is 0 Å². The lowest BCUT2D eigenvalue weighted by atomic mass is 9.62. The van der Waals surface area contributed by atoms with E-state index in [1.807, 2.05) is 0 Å². The Kier molecular flexibility index (Phi) is 1.94. The minimum atomic E-state index is 0.717. The molecule has 0 radical (unpaired) electrons. The van der Waals surface area contributed by atoms with Crippen molar-refractivity contribution in [1.29, 1.82) is 0 Å². The molecule has 2 unspecified atom stereocenters. The fourth-order valence-corrected chi connectivity index (χ4v) is 3.84. The molecule has 0 amide bonds. The van der Waals surface area contributed by atoms with Crippen LogP contribution in [0.15, 0.2) is 0 Å². The molecule has 3 aliphatic rings. The second kappa shape index (κ2) is 2.96. The van der Waals surface area contributed by atoms with E-state index in [0.29, 0.717) is 0 Å². The molecule has 0 N–H and O–H groups in total. The van der Waals surface area contributed by atoms with Crippen LogP contribution in [0.5, 0.6) is 0 Å². The van der Waals surface area contributed by atoms with E-state index in [-0.39, 0.29) is 0 Å². The zero-order valence-electron chi connectivity index (χ0n) is 9.50.